The van der Waals surface area contributed by atoms with Crippen LogP contribution in [0.3, 0.4) is 0 Å². The molecule has 2 N–H and O–H groups in total. The number of esters is 1. The van der Waals surface area contributed by atoms with Gasteiger partial charge < -0.3 is 20.1 Å². The summed E-state index contributed by atoms with van der Waals surface area (Å²) in [5.74, 6) is -1.03. The van der Waals surface area contributed by atoms with Crippen molar-refractivity contribution in [1.82, 2.24) is 5.32 Å². The second-order valence-corrected chi connectivity index (χ2v) is 7.93. The zero-order chi connectivity index (χ0) is 21.3. The van der Waals surface area contributed by atoms with Gasteiger partial charge in [0.15, 0.2) is 0 Å². The molecule has 1 heterocycles. The lowest BCUT2D eigenvalue weighted by Gasteiger charge is -2.39. The minimum atomic E-state index is -0.752. The number of halogens is 1. The Bertz CT molecular complexity index is 946. The van der Waals surface area contributed by atoms with Crippen LogP contribution in [-0.4, -0.2) is 25.2 Å². The summed E-state index contributed by atoms with van der Waals surface area (Å²) in [6.07, 6.45) is 1.58. The van der Waals surface area contributed by atoms with E-state index < -0.39 is 23.9 Å². The maximum Gasteiger partial charge on any atom is 0.407 e. The summed E-state index contributed by atoms with van der Waals surface area (Å²) in [4.78, 5) is 24.5. The molecule has 1 saturated carbocycles. The summed E-state index contributed by atoms with van der Waals surface area (Å²) in [5, 5.41) is 6.25. The number of alkyl carbamates (subject to hydrolysis) is 1. The van der Waals surface area contributed by atoms with E-state index in [-0.39, 0.29) is 29.7 Å². The average Bonchev–Trinajstić information content (AvgIpc) is 3.59. The van der Waals surface area contributed by atoms with Gasteiger partial charge in [0.1, 0.15) is 12.4 Å². The highest BCUT2D eigenvalue weighted by molar-refractivity contribution is 5.91. The number of nitrogens with one attached hydrogen (secondary N) is 2. The quantitative estimate of drug-likeness (QED) is 0.711. The van der Waals surface area contributed by atoms with E-state index in [9.17, 15) is 9.59 Å². The molecule has 0 bridgehead atoms. The van der Waals surface area contributed by atoms with Crippen molar-refractivity contribution in [2.75, 3.05) is 12.4 Å². The van der Waals surface area contributed by atoms with Gasteiger partial charge in [-0.15, -0.1) is 0 Å². The van der Waals surface area contributed by atoms with Crippen molar-refractivity contribution in [3.05, 3.63) is 65.0 Å². The van der Waals surface area contributed by atoms with Gasteiger partial charge in [0, 0.05) is 23.2 Å². The first kappa shape index (κ1) is 20.2. The predicted octanol–water partition coefficient (Wildman–Crippen LogP) is 4.42. The molecular formula is C23H25FN2O4. The fourth-order valence-electron chi connectivity index (χ4n) is 4.17. The minimum absolute atomic E-state index is 0.0864. The smallest absolute Gasteiger partial charge is 0.407 e. The Labute approximate surface area is 174 Å². The van der Waals surface area contributed by atoms with Crippen molar-refractivity contribution in [2.24, 2.45) is 11.8 Å². The lowest BCUT2D eigenvalue weighted by atomic mass is 9.81. The van der Waals surface area contributed by atoms with Crippen molar-refractivity contribution >= 4 is 17.7 Å². The van der Waals surface area contributed by atoms with E-state index in [1.807, 2.05) is 37.3 Å². The van der Waals surface area contributed by atoms with E-state index in [1.54, 1.807) is 6.07 Å². The fraction of sp³-hybridized carbons (Fsp3) is 0.391. The molecule has 2 aromatic rings. The van der Waals surface area contributed by atoms with Crippen LogP contribution in [0.4, 0.5) is 14.9 Å². The van der Waals surface area contributed by atoms with Gasteiger partial charge in [-0.1, -0.05) is 37.3 Å². The normalized spacial score (nSPS) is 22.4. The number of rotatable bonds is 5. The summed E-state index contributed by atoms with van der Waals surface area (Å²) < 4.78 is 25.4. The first-order chi connectivity index (χ1) is 14.5. The summed E-state index contributed by atoms with van der Waals surface area (Å²) in [6.45, 7) is 2.10. The zero-order valence-corrected chi connectivity index (χ0v) is 17.0. The average molecular weight is 412 g/mol. The Morgan fingerprint density at radius 2 is 1.90 bits per heavy atom. The number of carbonyl (C=O) groups is 2. The standard InChI is InChI=1S/C23H25FN2O4/c1-13-20(15-8-9-15)25-17-11-10-16(22(27)29-2)19(24)18(17)21(13)26-23(28)30-12-14-6-4-3-5-7-14/h3-7,10-11,13,15,20-21,25H,8-9,12H2,1-2H3,(H,26,28)/t13?,20-,21?/m1/s1. The van der Waals surface area contributed by atoms with Crippen molar-refractivity contribution in [3.8, 4) is 0 Å². The third-order valence-corrected chi connectivity index (χ3v) is 5.93. The molecule has 3 atom stereocenters. The molecule has 2 unspecified atom stereocenters. The van der Waals surface area contributed by atoms with Gasteiger partial charge in [-0.2, -0.15) is 0 Å². The highest BCUT2D eigenvalue weighted by Gasteiger charge is 2.44. The van der Waals surface area contributed by atoms with E-state index in [0.29, 0.717) is 11.6 Å². The molecule has 4 rings (SSSR count). The second-order valence-electron chi connectivity index (χ2n) is 7.93. The molecule has 7 heteroatoms. The molecule has 0 radical (unpaired) electrons. The van der Waals surface area contributed by atoms with Crippen LogP contribution < -0.4 is 10.6 Å². The monoisotopic (exact) mass is 412 g/mol. The molecule has 0 spiro atoms. The Morgan fingerprint density at radius 1 is 1.17 bits per heavy atom. The number of benzene rings is 2. The maximum absolute atomic E-state index is 15.3. The number of anilines is 1. The third-order valence-electron chi connectivity index (χ3n) is 5.93. The van der Waals surface area contributed by atoms with E-state index in [1.165, 1.54) is 13.2 Å². The number of hydrogen-bond acceptors (Lipinski definition) is 5. The van der Waals surface area contributed by atoms with Gasteiger partial charge in [0.2, 0.25) is 0 Å². The van der Waals surface area contributed by atoms with Crippen LogP contribution in [0.1, 0.15) is 47.3 Å². The van der Waals surface area contributed by atoms with Crippen molar-refractivity contribution < 1.29 is 23.5 Å². The number of hydrogen-bond donors (Lipinski definition) is 2. The summed E-state index contributed by atoms with van der Waals surface area (Å²) in [5.41, 5.74) is 1.56. The van der Waals surface area contributed by atoms with Gasteiger partial charge in [-0.3, -0.25) is 0 Å². The number of amides is 1. The van der Waals surface area contributed by atoms with Gasteiger partial charge in [0.25, 0.3) is 0 Å². The highest BCUT2D eigenvalue weighted by atomic mass is 19.1. The maximum atomic E-state index is 15.3. The lowest BCUT2D eigenvalue weighted by molar-refractivity contribution is 0.0595. The molecule has 1 aliphatic heterocycles. The summed E-state index contributed by atoms with van der Waals surface area (Å²) in [6, 6.07) is 11.9. The molecule has 2 aromatic carbocycles. The van der Waals surface area contributed by atoms with Gasteiger partial charge >= 0.3 is 12.1 Å². The third kappa shape index (κ3) is 3.97. The Hall–Kier alpha value is -3.09. The first-order valence-electron chi connectivity index (χ1n) is 10.1. The van der Waals surface area contributed by atoms with E-state index >= 15 is 4.39 Å². The van der Waals surface area contributed by atoms with Crippen LogP contribution in [0.25, 0.3) is 0 Å². The van der Waals surface area contributed by atoms with Gasteiger partial charge in [0.05, 0.1) is 18.7 Å². The van der Waals surface area contributed by atoms with Crippen LogP contribution >= 0.6 is 0 Å². The van der Waals surface area contributed by atoms with E-state index in [4.69, 9.17) is 9.47 Å². The molecule has 6 nitrogen and oxygen atoms in total. The largest absolute Gasteiger partial charge is 0.465 e. The lowest BCUT2D eigenvalue weighted by Crippen LogP contribution is -2.45. The molecule has 0 aromatic heterocycles. The minimum Gasteiger partial charge on any atom is -0.465 e. The zero-order valence-electron chi connectivity index (χ0n) is 17.0. The molecule has 1 amide bonds. The van der Waals surface area contributed by atoms with Crippen LogP contribution in [0.5, 0.6) is 0 Å². The number of fused-ring (bicyclic) bond motifs is 1. The Kier molecular flexibility index (Phi) is 5.61. The van der Waals surface area contributed by atoms with Crippen LogP contribution in [-0.2, 0) is 16.1 Å². The number of methoxy groups -OCH3 is 1. The second kappa shape index (κ2) is 8.34. The van der Waals surface area contributed by atoms with Crippen molar-refractivity contribution in [1.29, 1.82) is 0 Å². The first-order valence-corrected chi connectivity index (χ1v) is 10.1. The van der Waals surface area contributed by atoms with Crippen molar-refractivity contribution in [2.45, 2.75) is 38.5 Å². The predicted molar refractivity (Wildman–Crippen MR) is 110 cm³/mol. The van der Waals surface area contributed by atoms with E-state index in [2.05, 4.69) is 10.6 Å². The highest BCUT2D eigenvalue weighted by Crippen LogP contribution is 2.46. The number of ether oxygens (including phenoxy) is 2. The molecule has 1 fully saturated rings. The Balaban J connectivity index is 1.60. The summed E-state index contributed by atoms with van der Waals surface area (Å²) >= 11 is 0. The summed E-state index contributed by atoms with van der Waals surface area (Å²) in [7, 11) is 1.21. The number of carbonyl (C=O) groups excluding carboxylic acids is 2. The topological polar surface area (TPSA) is 76.7 Å². The van der Waals surface area contributed by atoms with Gasteiger partial charge in [-0.25, -0.2) is 14.0 Å². The molecular weight excluding hydrogens is 387 g/mol. The molecule has 0 saturated heterocycles. The molecule has 1 aliphatic carbocycles. The molecule has 30 heavy (non-hydrogen) atoms. The van der Waals surface area contributed by atoms with E-state index in [0.717, 1.165) is 18.4 Å². The van der Waals surface area contributed by atoms with Gasteiger partial charge in [-0.05, 0) is 36.5 Å². The fourth-order valence-corrected chi connectivity index (χ4v) is 4.17. The Morgan fingerprint density at radius 3 is 2.57 bits per heavy atom. The van der Waals surface area contributed by atoms with Crippen molar-refractivity contribution in [3.63, 3.8) is 0 Å². The molecule has 158 valence electrons. The van der Waals surface area contributed by atoms with Crippen LogP contribution in [0, 0.1) is 17.7 Å². The SMILES string of the molecule is COC(=O)c1ccc2c(c1F)C(NC(=O)OCc1ccccc1)C(C)[C@H](C1CC1)N2. The van der Waals surface area contributed by atoms with Crippen LogP contribution in [0.2, 0.25) is 0 Å². The van der Waals surface area contributed by atoms with Crippen LogP contribution in [0.15, 0.2) is 42.5 Å². The molecule has 2 aliphatic rings.